The van der Waals surface area contributed by atoms with Gasteiger partial charge >= 0.3 is 0 Å². The van der Waals surface area contributed by atoms with E-state index < -0.39 is 0 Å². The summed E-state index contributed by atoms with van der Waals surface area (Å²) in [5, 5.41) is 7.29. The van der Waals surface area contributed by atoms with E-state index in [0.29, 0.717) is 22.9 Å². The Balaban J connectivity index is 2.60. The van der Waals surface area contributed by atoms with Gasteiger partial charge in [0.05, 0.1) is 11.3 Å². The van der Waals surface area contributed by atoms with Crippen LogP contribution in [0.3, 0.4) is 0 Å². The van der Waals surface area contributed by atoms with Gasteiger partial charge in [-0.1, -0.05) is 49.5 Å². The quantitative estimate of drug-likeness (QED) is 0.782. The van der Waals surface area contributed by atoms with Crippen LogP contribution in [-0.4, -0.2) is 27.1 Å². The van der Waals surface area contributed by atoms with Crippen molar-refractivity contribution < 1.29 is 4.79 Å². The number of amides is 1. The van der Waals surface area contributed by atoms with Gasteiger partial charge in [0.15, 0.2) is 0 Å². The molecule has 1 unspecified atom stereocenters. The lowest BCUT2D eigenvalue weighted by Crippen LogP contribution is -2.33. The minimum Gasteiger partial charge on any atom is -0.351 e. The Morgan fingerprint density at radius 2 is 2.05 bits per heavy atom. The molecule has 0 aliphatic heterocycles. The van der Waals surface area contributed by atoms with Crippen LogP contribution in [0.4, 0.5) is 0 Å². The maximum absolute atomic E-state index is 12.2. The first kappa shape index (κ1) is 16.2. The highest BCUT2D eigenvalue weighted by Crippen LogP contribution is 2.19. The van der Waals surface area contributed by atoms with Crippen LogP contribution in [0, 0.1) is 5.92 Å². The van der Waals surface area contributed by atoms with Crippen LogP contribution >= 0.6 is 15.9 Å². The Kier molecular flexibility index (Phi) is 6.55. The molecule has 1 heterocycles. The molecule has 1 atom stereocenters. The van der Waals surface area contributed by atoms with Crippen LogP contribution in [0.2, 0.25) is 0 Å². The fourth-order valence-electron chi connectivity index (χ4n) is 2.24. The Bertz CT molecular complexity index is 413. The first-order valence-electron chi connectivity index (χ1n) is 6.98. The summed E-state index contributed by atoms with van der Waals surface area (Å²) < 4.78 is 1.69. The smallest absolute Gasteiger partial charge is 0.254 e. The van der Waals surface area contributed by atoms with E-state index in [0.717, 1.165) is 25.0 Å². The number of halogens is 1. The average molecular weight is 330 g/mol. The number of nitrogens with one attached hydrogen (secondary N) is 1. The van der Waals surface area contributed by atoms with Gasteiger partial charge in [0.25, 0.3) is 5.91 Å². The molecule has 0 aliphatic carbocycles. The van der Waals surface area contributed by atoms with Crippen molar-refractivity contribution in [2.45, 2.75) is 44.9 Å². The second-order valence-corrected chi connectivity index (χ2v) is 6.00. The largest absolute Gasteiger partial charge is 0.351 e. The summed E-state index contributed by atoms with van der Waals surface area (Å²) in [5.74, 6) is 0.570. The lowest BCUT2D eigenvalue weighted by molar-refractivity contribution is 0.0951. The zero-order valence-electron chi connectivity index (χ0n) is 12.2. The second kappa shape index (κ2) is 7.68. The van der Waals surface area contributed by atoms with Crippen molar-refractivity contribution in [1.82, 2.24) is 15.1 Å². The van der Waals surface area contributed by atoms with Gasteiger partial charge in [0.1, 0.15) is 0 Å². The summed E-state index contributed by atoms with van der Waals surface area (Å²) in [6.45, 7) is 7.03. The van der Waals surface area contributed by atoms with Gasteiger partial charge in [-0.2, -0.15) is 5.10 Å². The molecule has 1 amide bonds. The molecule has 0 aliphatic rings. The first-order valence-corrected chi connectivity index (χ1v) is 7.89. The standard InChI is InChI=1S/C14H24BrN3O/c1-5-10(6-2)12(15)8-16-14(19)11-9-18(4)17-13(11)7-3/h9-10,12H,5-8H2,1-4H3,(H,16,19). The predicted octanol–water partition coefficient (Wildman–Crippen LogP) is 2.91. The van der Waals surface area contributed by atoms with Crippen molar-refractivity contribution in [1.29, 1.82) is 0 Å². The van der Waals surface area contributed by atoms with Crippen molar-refractivity contribution in [3.8, 4) is 0 Å². The molecule has 0 saturated carbocycles. The zero-order valence-corrected chi connectivity index (χ0v) is 13.8. The van der Waals surface area contributed by atoms with E-state index in [-0.39, 0.29) is 5.91 Å². The topological polar surface area (TPSA) is 46.9 Å². The molecule has 1 aromatic rings. The fraction of sp³-hybridized carbons (Fsp3) is 0.714. The van der Waals surface area contributed by atoms with Crippen molar-refractivity contribution in [2.75, 3.05) is 6.54 Å². The highest BCUT2D eigenvalue weighted by Gasteiger charge is 2.18. The van der Waals surface area contributed by atoms with Crippen LogP contribution in [0.5, 0.6) is 0 Å². The molecule has 0 saturated heterocycles. The minimum atomic E-state index is -0.0274. The number of hydrogen-bond donors (Lipinski definition) is 1. The second-order valence-electron chi connectivity index (χ2n) is 4.82. The maximum atomic E-state index is 12.2. The van der Waals surface area contributed by atoms with Gasteiger partial charge in [0.2, 0.25) is 0 Å². The average Bonchev–Trinajstić information content (AvgIpc) is 2.78. The molecule has 1 rings (SSSR count). The number of carbonyl (C=O) groups excluding carboxylic acids is 1. The molecule has 0 aromatic carbocycles. The Hall–Kier alpha value is -0.840. The summed E-state index contributed by atoms with van der Waals surface area (Å²) in [6.07, 6.45) is 4.80. The highest BCUT2D eigenvalue weighted by atomic mass is 79.9. The zero-order chi connectivity index (χ0) is 14.4. The van der Waals surface area contributed by atoms with E-state index in [4.69, 9.17) is 0 Å². The van der Waals surface area contributed by atoms with Gasteiger partial charge in [-0.3, -0.25) is 9.48 Å². The number of hydrogen-bond acceptors (Lipinski definition) is 2. The van der Waals surface area contributed by atoms with E-state index in [9.17, 15) is 4.79 Å². The van der Waals surface area contributed by atoms with Gasteiger partial charge in [-0.15, -0.1) is 0 Å². The molecule has 5 heteroatoms. The third-order valence-corrected chi connectivity index (χ3v) is 4.57. The molecule has 1 N–H and O–H groups in total. The summed E-state index contributed by atoms with van der Waals surface area (Å²) in [5.41, 5.74) is 1.54. The first-order chi connectivity index (χ1) is 9.03. The third kappa shape index (κ3) is 4.34. The van der Waals surface area contributed by atoms with E-state index in [1.807, 2.05) is 14.0 Å². The minimum absolute atomic E-state index is 0.0274. The van der Waals surface area contributed by atoms with Crippen LogP contribution in [0.25, 0.3) is 0 Å². The molecule has 1 aromatic heterocycles. The summed E-state index contributed by atoms with van der Waals surface area (Å²) in [4.78, 5) is 12.5. The normalized spacial score (nSPS) is 12.7. The summed E-state index contributed by atoms with van der Waals surface area (Å²) >= 11 is 3.67. The monoisotopic (exact) mass is 329 g/mol. The summed E-state index contributed by atoms with van der Waals surface area (Å²) in [7, 11) is 1.84. The van der Waals surface area contributed by atoms with Gasteiger partial charge in [-0.05, 0) is 12.3 Å². The number of alkyl halides is 1. The van der Waals surface area contributed by atoms with Crippen molar-refractivity contribution in [3.05, 3.63) is 17.5 Å². The maximum Gasteiger partial charge on any atom is 0.254 e. The lowest BCUT2D eigenvalue weighted by Gasteiger charge is -2.19. The van der Waals surface area contributed by atoms with Crippen molar-refractivity contribution in [2.24, 2.45) is 13.0 Å². The highest BCUT2D eigenvalue weighted by molar-refractivity contribution is 9.09. The molecular weight excluding hydrogens is 306 g/mol. The molecule has 0 bridgehead atoms. The molecule has 0 fully saturated rings. The molecule has 4 nitrogen and oxygen atoms in total. The van der Waals surface area contributed by atoms with Crippen molar-refractivity contribution >= 4 is 21.8 Å². The van der Waals surface area contributed by atoms with Gasteiger partial charge in [-0.25, -0.2) is 0 Å². The third-order valence-electron chi connectivity index (χ3n) is 3.50. The van der Waals surface area contributed by atoms with E-state index in [1.165, 1.54) is 0 Å². The van der Waals surface area contributed by atoms with Crippen LogP contribution in [0.1, 0.15) is 49.7 Å². The predicted molar refractivity (Wildman–Crippen MR) is 81.7 cm³/mol. The summed E-state index contributed by atoms with van der Waals surface area (Å²) in [6, 6.07) is 0. The number of aromatic nitrogens is 2. The number of nitrogens with zero attached hydrogens (tertiary/aromatic N) is 2. The Labute approximate surface area is 124 Å². The molecular formula is C14H24BrN3O. The number of carbonyl (C=O) groups is 1. The van der Waals surface area contributed by atoms with Crippen LogP contribution in [0.15, 0.2) is 6.20 Å². The molecule has 0 radical (unpaired) electrons. The van der Waals surface area contributed by atoms with E-state index in [2.05, 4.69) is 40.2 Å². The molecule has 108 valence electrons. The van der Waals surface area contributed by atoms with E-state index in [1.54, 1.807) is 10.9 Å². The lowest BCUT2D eigenvalue weighted by atomic mass is 9.99. The number of aryl methyl sites for hydroxylation is 2. The molecule has 19 heavy (non-hydrogen) atoms. The Morgan fingerprint density at radius 3 is 2.58 bits per heavy atom. The SMILES string of the molecule is CCc1nn(C)cc1C(=O)NCC(Br)C(CC)CC. The number of rotatable bonds is 7. The Morgan fingerprint density at radius 1 is 1.42 bits per heavy atom. The van der Waals surface area contributed by atoms with Crippen molar-refractivity contribution in [3.63, 3.8) is 0 Å². The van der Waals surface area contributed by atoms with Gasteiger partial charge in [0, 0.05) is 24.6 Å². The fourth-order valence-corrected chi connectivity index (χ4v) is 3.15. The van der Waals surface area contributed by atoms with E-state index >= 15 is 0 Å². The van der Waals surface area contributed by atoms with Crippen LogP contribution in [-0.2, 0) is 13.5 Å². The molecule has 0 spiro atoms. The van der Waals surface area contributed by atoms with Crippen LogP contribution < -0.4 is 5.32 Å². The van der Waals surface area contributed by atoms with Gasteiger partial charge < -0.3 is 5.32 Å².